The van der Waals surface area contributed by atoms with Gasteiger partial charge in [0.1, 0.15) is 0 Å². The van der Waals surface area contributed by atoms with Gasteiger partial charge in [0.05, 0.1) is 19.3 Å². The highest BCUT2D eigenvalue weighted by Gasteiger charge is 2.19. The molecular weight excluding hydrogens is 192 g/mol. The van der Waals surface area contributed by atoms with Crippen LogP contribution in [0, 0.1) is 0 Å². The molecule has 0 aromatic rings. The lowest BCUT2D eigenvalue weighted by Crippen LogP contribution is -2.48. The number of aliphatic hydroxyl groups is 1. The standard InChI is InChI=1S/C11H24N2O2/c1-11(2,3)12-4-5-13-6-7-15-10(8-13)9-14/h10,12,14H,4-9H2,1-3H3. The van der Waals surface area contributed by atoms with Gasteiger partial charge in [-0.25, -0.2) is 0 Å². The van der Waals surface area contributed by atoms with Crippen molar-refractivity contribution < 1.29 is 9.84 Å². The van der Waals surface area contributed by atoms with Crippen LogP contribution < -0.4 is 5.32 Å². The number of rotatable bonds is 4. The molecule has 0 bridgehead atoms. The van der Waals surface area contributed by atoms with Crippen LogP contribution in [0.5, 0.6) is 0 Å². The van der Waals surface area contributed by atoms with Gasteiger partial charge in [-0.15, -0.1) is 0 Å². The van der Waals surface area contributed by atoms with Gasteiger partial charge in [-0.05, 0) is 20.8 Å². The van der Waals surface area contributed by atoms with Gasteiger partial charge in [0.15, 0.2) is 0 Å². The molecule has 1 rings (SSSR count). The quantitative estimate of drug-likeness (QED) is 0.698. The summed E-state index contributed by atoms with van der Waals surface area (Å²) in [6.07, 6.45) is 0.00777. The van der Waals surface area contributed by atoms with Gasteiger partial charge in [-0.2, -0.15) is 0 Å². The van der Waals surface area contributed by atoms with E-state index in [0.29, 0.717) is 0 Å². The van der Waals surface area contributed by atoms with Crippen molar-refractivity contribution in [3.8, 4) is 0 Å². The van der Waals surface area contributed by atoms with Crippen LogP contribution >= 0.6 is 0 Å². The van der Waals surface area contributed by atoms with E-state index < -0.39 is 0 Å². The molecule has 1 fully saturated rings. The fourth-order valence-electron chi connectivity index (χ4n) is 1.68. The minimum atomic E-state index is 0.00777. The summed E-state index contributed by atoms with van der Waals surface area (Å²) in [6.45, 7) is 11.2. The predicted octanol–water partition coefficient (Wildman–Crippen LogP) is 0.0676. The molecule has 1 heterocycles. The van der Waals surface area contributed by atoms with E-state index in [0.717, 1.165) is 32.8 Å². The first-order valence-electron chi connectivity index (χ1n) is 5.71. The Morgan fingerprint density at radius 3 is 2.80 bits per heavy atom. The lowest BCUT2D eigenvalue weighted by Gasteiger charge is -2.32. The summed E-state index contributed by atoms with van der Waals surface area (Å²) in [5.41, 5.74) is 0.183. The van der Waals surface area contributed by atoms with Gasteiger partial charge < -0.3 is 15.2 Å². The average molecular weight is 216 g/mol. The Kier molecular flexibility index (Phi) is 4.99. The summed E-state index contributed by atoms with van der Waals surface area (Å²) in [6, 6.07) is 0. The highest BCUT2D eigenvalue weighted by Crippen LogP contribution is 2.04. The summed E-state index contributed by atoms with van der Waals surface area (Å²) < 4.78 is 5.39. The lowest BCUT2D eigenvalue weighted by molar-refractivity contribution is -0.0524. The van der Waals surface area contributed by atoms with E-state index >= 15 is 0 Å². The largest absolute Gasteiger partial charge is 0.394 e. The molecule has 0 aromatic carbocycles. The minimum Gasteiger partial charge on any atom is -0.394 e. The van der Waals surface area contributed by atoms with Crippen LogP contribution in [-0.4, -0.2) is 61.0 Å². The van der Waals surface area contributed by atoms with Gasteiger partial charge >= 0.3 is 0 Å². The van der Waals surface area contributed by atoms with Crippen molar-refractivity contribution >= 4 is 0 Å². The summed E-state index contributed by atoms with van der Waals surface area (Å²) in [7, 11) is 0. The van der Waals surface area contributed by atoms with Crippen molar-refractivity contribution in [3.05, 3.63) is 0 Å². The fourth-order valence-corrected chi connectivity index (χ4v) is 1.68. The average Bonchev–Trinajstić information content (AvgIpc) is 2.16. The maximum absolute atomic E-state index is 9.00. The first-order chi connectivity index (χ1) is 7.01. The topological polar surface area (TPSA) is 44.7 Å². The van der Waals surface area contributed by atoms with Crippen LogP contribution in [0.1, 0.15) is 20.8 Å². The number of nitrogens with one attached hydrogen (secondary N) is 1. The van der Waals surface area contributed by atoms with Crippen LogP contribution in [0.3, 0.4) is 0 Å². The second-order valence-electron chi connectivity index (χ2n) is 5.15. The van der Waals surface area contributed by atoms with Crippen molar-refractivity contribution in [1.29, 1.82) is 0 Å². The van der Waals surface area contributed by atoms with Crippen molar-refractivity contribution in [2.24, 2.45) is 0 Å². The molecule has 0 radical (unpaired) electrons. The number of aliphatic hydroxyl groups excluding tert-OH is 1. The molecule has 0 saturated carbocycles. The predicted molar refractivity (Wildman–Crippen MR) is 61.0 cm³/mol. The van der Waals surface area contributed by atoms with Crippen LogP contribution in [0.25, 0.3) is 0 Å². The molecule has 4 heteroatoms. The highest BCUT2D eigenvalue weighted by atomic mass is 16.5. The number of hydrogen-bond donors (Lipinski definition) is 2. The third-order valence-corrected chi connectivity index (χ3v) is 2.51. The Morgan fingerprint density at radius 2 is 2.20 bits per heavy atom. The number of morpholine rings is 1. The maximum atomic E-state index is 9.00. The second kappa shape index (κ2) is 5.80. The van der Waals surface area contributed by atoms with Crippen molar-refractivity contribution in [3.63, 3.8) is 0 Å². The molecule has 15 heavy (non-hydrogen) atoms. The van der Waals surface area contributed by atoms with Gasteiger partial charge in [0.2, 0.25) is 0 Å². The summed E-state index contributed by atoms with van der Waals surface area (Å²) in [5.74, 6) is 0. The van der Waals surface area contributed by atoms with Crippen LogP contribution in [0.4, 0.5) is 0 Å². The zero-order valence-electron chi connectivity index (χ0n) is 10.1. The molecule has 1 unspecified atom stereocenters. The van der Waals surface area contributed by atoms with E-state index in [1.165, 1.54) is 0 Å². The minimum absolute atomic E-state index is 0.00777. The molecule has 1 saturated heterocycles. The van der Waals surface area contributed by atoms with E-state index in [4.69, 9.17) is 9.84 Å². The molecule has 1 atom stereocenters. The highest BCUT2D eigenvalue weighted by molar-refractivity contribution is 4.74. The van der Waals surface area contributed by atoms with E-state index in [1.807, 2.05) is 0 Å². The first-order valence-corrected chi connectivity index (χ1v) is 5.71. The Bertz CT molecular complexity index is 180. The van der Waals surface area contributed by atoms with Gasteiger partial charge in [0.25, 0.3) is 0 Å². The molecule has 0 aliphatic carbocycles. The third-order valence-electron chi connectivity index (χ3n) is 2.51. The van der Waals surface area contributed by atoms with Crippen LogP contribution in [0.2, 0.25) is 0 Å². The Morgan fingerprint density at radius 1 is 1.47 bits per heavy atom. The Balaban J connectivity index is 2.15. The Hall–Kier alpha value is -0.160. The van der Waals surface area contributed by atoms with E-state index in [1.54, 1.807) is 0 Å². The monoisotopic (exact) mass is 216 g/mol. The van der Waals surface area contributed by atoms with Gasteiger partial charge in [-0.1, -0.05) is 0 Å². The maximum Gasteiger partial charge on any atom is 0.0932 e. The zero-order chi connectivity index (χ0) is 11.3. The fraction of sp³-hybridized carbons (Fsp3) is 1.00. The van der Waals surface area contributed by atoms with Crippen molar-refractivity contribution in [2.75, 3.05) is 39.4 Å². The summed E-state index contributed by atoms with van der Waals surface area (Å²) in [4.78, 5) is 2.34. The summed E-state index contributed by atoms with van der Waals surface area (Å²) in [5, 5.41) is 12.5. The van der Waals surface area contributed by atoms with Gasteiger partial charge in [-0.3, -0.25) is 4.90 Å². The smallest absolute Gasteiger partial charge is 0.0932 e. The van der Waals surface area contributed by atoms with Crippen molar-refractivity contribution in [2.45, 2.75) is 32.4 Å². The molecule has 1 aliphatic rings. The molecule has 0 amide bonds. The zero-order valence-corrected chi connectivity index (χ0v) is 10.1. The van der Waals surface area contributed by atoms with Crippen LogP contribution in [0.15, 0.2) is 0 Å². The SMILES string of the molecule is CC(C)(C)NCCN1CCOC(CO)C1. The van der Waals surface area contributed by atoms with Crippen LogP contribution in [-0.2, 0) is 4.74 Å². The molecule has 90 valence electrons. The van der Waals surface area contributed by atoms with E-state index in [2.05, 4.69) is 31.0 Å². The lowest BCUT2D eigenvalue weighted by atomic mass is 10.1. The molecular formula is C11H24N2O2. The number of nitrogens with zero attached hydrogens (tertiary/aromatic N) is 1. The molecule has 2 N–H and O–H groups in total. The second-order valence-corrected chi connectivity index (χ2v) is 5.15. The normalized spacial score (nSPS) is 24.4. The Labute approximate surface area is 92.6 Å². The third kappa shape index (κ3) is 5.47. The molecule has 0 aromatic heterocycles. The van der Waals surface area contributed by atoms with E-state index in [9.17, 15) is 0 Å². The first kappa shape index (κ1) is 12.9. The van der Waals surface area contributed by atoms with E-state index in [-0.39, 0.29) is 18.2 Å². The van der Waals surface area contributed by atoms with Crippen molar-refractivity contribution in [1.82, 2.24) is 10.2 Å². The van der Waals surface area contributed by atoms with Gasteiger partial charge in [0, 0.05) is 31.7 Å². The molecule has 0 spiro atoms. The summed E-state index contributed by atoms with van der Waals surface area (Å²) >= 11 is 0. The number of hydrogen-bond acceptors (Lipinski definition) is 4. The number of ether oxygens (including phenoxy) is 1. The molecule has 1 aliphatic heterocycles. The molecule has 4 nitrogen and oxygen atoms in total.